The Kier molecular flexibility index (Phi) is 9.27. The minimum absolute atomic E-state index is 1.20. The lowest BCUT2D eigenvalue weighted by Gasteiger charge is -2.01. The molecule has 0 rings (SSSR count). The third-order valence-electron chi connectivity index (χ3n) is 2.20. The summed E-state index contributed by atoms with van der Waals surface area (Å²) in [7, 11) is 0. The Morgan fingerprint density at radius 2 is 1.93 bits per heavy atom. The first-order valence-electron chi connectivity index (χ1n) is 5.55. The minimum atomic E-state index is 1.20. The average Bonchev–Trinajstić information content (AvgIpc) is 2.18. The molecule has 0 aliphatic carbocycles. The average molecular weight is 212 g/mol. The van der Waals surface area contributed by atoms with Gasteiger partial charge in [0.05, 0.1) is 0 Å². The molecule has 0 aromatic rings. The van der Waals surface area contributed by atoms with Crippen LogP contribution in [-0.4, -0.2) is 11.5 Å². The third-order valence-corrected chi connectivity index (χ3v) is 3.56. The molecule has 0 amide bonds. The van der Waals surface area contributed by atoms with Gasteiger partial charge in [0.2, 0.25) is 0 Å². The SMILES string of the molecule is C/C=C(\C)CC/C=C(\C)CSCCC. The van der Waals surface area contributed by atoms with E-state index in [4.69, 9.17) is 0 Å². The molecule has 0 heterocycles. The van der Waals surface area contributed by atoms with E-state index in [-0.39, 0.29) is 0 Å². The summed E-state index contributed by atoms with van der Waals surface area (Å²) in [6, 6.07) is 0. The van der Waals surface area contributed by atoms with Crippen molar-refractivity contribution in [3.63, 3.8) is 0 Å². The third kappa shape index (κ3) is 8.43. The predicted octanol–water partition coefficient (Wildman–Crippen LogP) is 4.82. The molecule has 0 fully saturated rings. The molecule has 0 radical (unpaired) electrons. The maximum Gasteiger partial charge on any atom is 0.0140 e. The Bertz CT molecular complexity index is 189. The quantitative estimate of drug-likeness (QED) is 0.430. The summed E-state index contributed by atoms with van der Waals surface area (Å²) in [5.41, 5.74) is 3.03. The lowest BCUT2D eigenvalue weighted by Crippen LogP contribution is -1.84. The van der Waals surface area contributed by atoms with Crippen LogP contribution in [-0.2, 0) is 0 Å². The molecule has 0 N–H and O–H groups in total. The van der Waals surface area contributed by atoms with E-state index >= 15 is 0 Å². The Morgan fingerprint density at radius 1 is 1.21 bits per heavy atom. The Hall–Kier alpha value is -0.170. The van der Waals surface area contributed by atoms with Gasteiger partial charge in [-0.1, -0.05) is 30.2 Å². The molecule has 1 heteroatoms. The van der Waals surface area contributed by atoms with Gasteiger partial charge in [-0.2, -0.15) is 11.8 Å². The van der Waals surface area contributed by atoms with E-state index in [1.54, 1.807) is 0 Å². The molecule has 0 aromatic heterocycles. The van der Waals surface area contributed by atoms with E-state index in [1.165, 1.54) is 41.9 Å². The van der Waals surface area contributed by atoms with Crippen molar-refractivity contribution in [3.8, 4) is 0 Å². The molecule has 82 valence electrons. The molecule has 0 unspecified atom stereocenters. The van der Waals surface area contributed by atoms with Crippen molar-refractivity contribution >= 4 is 11.8 Å². The van der Waals surface area contributed by atoms with Gasteiger partial charge in [0.1, 0.15) is 0 Å². The smallest absolute Gasteiger partial charge is 0.0140 e. The largest absolute Gasteiger partial charge is 0.158 e. The molecule has 0 nitrogen and oxygen atoms in total. The summed E-state index contributed by atoms with van der Waals surface area (Å²) in [5, 5.41) is 0. The van der Waals surface area contributed by atoms with Gasteiger partial charge in [0.25, 0.3) is 0 Å². The van der Waals surface area contributed by atoms with E-state index in [9.17, 15) is 0 Å². The van der Waals surface area contributed by atoms with Gasteiger partial charge in [-0.15, -0.1) is 0 Å². The molecule has 0 saturated heterocycles. The molecule has 14 heavy (non-hydrogen) atoms. The first-order valence-corrected chi connectivity index (χ1v) is 6.71. The molecule has 0 spiro atoms. The van der Waals surface area contributed by atoms with Gasteiger partial charge >= 0.3 is 0 Å². The van der Waals surface area contributed by atoms with Crippen LogP contribution in [0.5, 0.6) is 0 Å². The van der Waals surface area contributed by atoms with Crippen molar-refractivity contribution in [2.75, 3.05) is 11.5 Å². The van der Waals surface area contributed by atoms with E-state index in [0.29, 0.717) is 0 Å². The zero-order valence-corrected chi connectivity index (χ0v) is 10.9. The maximum absolute atomic E-state index is 2.38. The van der Waals surface area contributed by atoms with Crippen LogP contribution in [0, 0.1) is 0 Å². The van der Waals surface area contributed by atoms with Crippen LogP contribution >= 0.6 is 11.8 Å². The molecular weight excluding hydrogens is 188 g/mol. The van der Waals surface area contributed by atoms with Gasteiger partial charge in [-0.05, 0) is 45.8 Å². The fourth-order valence-corrected chi connectivity index (χ4v) is 2.00. The fraction of sp³-hybridized carbons (Fsp3) is 0.692. The van der Waals surface area contributed by atoms with Crippen LogP contribution in [0.4, 0.5) is 0 Å². The molecular formula is C13H24S. The fourth-order valence-electron chi connectivity index (χ4n) is 1.13. The van der Waals surface area contributed by atoms with Crippen molar-refractivity contribution in [1.29, 1.82) is 0 Å². The summed E-state index contributed by atoms with van der Waals surface area (Å²) < 4.78 is 0. The number of thioether (sulfide) groups is 1. The summed E-state index contributed by atoms with van der Waals surface area (Å²) in [6.07, 6.45) is 8.29. The lowest BCUT2D eigenvalue weighted by atomic mass is 10.1. The van der Waals surface area contributed by atoms with Crippen molar-refractivity contribution in [2.45, 2.75) is 47.0 Å². The van der Waals surface area contributed by atoms with Crippen LogP contribution in [0.1, 0.15) is 47.0 Å². The van der Waals surface area contributed by atoms with Gasteiger partial charge < -0.3 is 0 Å². The topological polar surface area (TPSA) is 0 Å². The van der Waals surface area contributed by atoms with E-state index < -0.39 is 0 Å². The first-order chi connectivity index (χ1) is 6.70. The van der Waals surface area contributed by atoms with Crippen molar-refractivity contribution in [2.24, 2.45) is 0 Å². The van der Waals surface area contributed by atoms with Gasteiger partial charge in [-0.3, -0.25) is 0 Å². The van der Waals surface area contributed by atoms with Crippen LogP contribution in [0.25, 0.3) is 0 Å². The predicted molar refractivity (Wildman–Crippen MR) is 70.0 cm³/mol. The standard InChI is InChI=1S/C13H24S/c1-5-10-14-11-13(4)9-7-8-12(3)6-2/h6,9H,5,7-8,10-11H2,1-4H3/b12-6+,13-9+. The van der Waals surface area contributed by atoms with Gasteiger partial charge in [0.15, 0.2) is 0 Å². The molecule has 0 atom stereocenters. The molecule has 0 bridgehead atoms. The first kappa shape index (κ1) is 13.8. The number of allylic oxidation sites excluding steroid dienone is 3. The van der Waals surface area contributed by atoms with Crippen LogP contribution in [0.3, 0.4) is 0 Å². The van der Waals surface area contributed by atoms with Crippen molar-refractivity contribution < 1.29 is 0 Å². The van der Waals surface area contributed by atoms with Crippen LogP contribution < -0.4 is 0 Å². The van der Waals surface area contributed by atoms with Gasteiger partial charge in [0, 0.05) is 5.75 Å². The molecule has 0 aliphatic rings. The van der Waals surface area contributed by atoms with E-state index in [0.717, 1.165) is 0 Å². The number of hydrogen-bond acceptors (Lipinski definition) is 1. The Labute approximate surface area is 93.9 Å². The second-order valence-corrected chi connectivity index (χ2v) is 4.88. The monoisotopic (exact) mass is 212 g/mol. The second kappa shape index (κ2) is 9.39. The highest BCUT2D eigenvalue weighted by atomic mass is 32.2. The molecule has 0 aromatic carbocycles. The zero-order chi connectivity index (χ0) is 10.8. The highest BCUT2D eigenvalue weighted by Crippen LogP contribution is 2.11. The zero-order valence-electron chi connectivity index (χ0n) is 10.1. The Morgan fingerprint density at radius 3 is 2.50 bits per heavy atom. The molecule has 0 saturated carbocycles. The van der Waals surface area contributed by atoms with E-state index in [2.05, 4.69) is 39.8 Å². The summed E-state index contributed by atoms with van der Waals surface area (Å²) in [5.74, 6) is 2.50. The highest BCUT2D eigenvalue weighted by molar-refractivity contribution is 7.99. The number of rotatable bonds is 7. The van der Waals surface area contributed by atoms with Crippen LogP contribution in [0.2, 0.25) is 0 Å². The lowest BCUT2D eigenvalue weighted by molar-refractivity contribution is 0.964. The summed E-state index contributed by atoms with van der Waals surface area (Å²) >= 11 is 2.04. The normalized spacial score (nSPS) is 13.4. The summed E-state index contributed by atoms with van der Waals surface area (Å²) in [4.78, 5) is 0. The van der Waals surface area contributed by atoms with E-state index in [1.807, 2.05) is 11.8 Å². The second-order valence-electron chi connectivity index (χ2n) is 3.78. The summed E-state index contributed by atoms with van der Waals surface area (Å²) in [6.45, 7) is 8.80. The minimum Gasteiger partial charge on any atom is -0.158 e. The highest BCUT2D eigenvalue weighted by Gasteiger charge is 1.91. The Balaban J connectivity index is 3.56. The maximum atomic E-state index is 2.38. The van der Waals surface area contributed by atoms with Crippen LogP contribution in [0.15, 0.2) is 23.3 Å². The molecule has 0 aliphatic heterocycles. The van der Waals surface area contributed by atoms with Gasteiger partial charge in [-0.25, -0.2) is 0 Å². The number of hydrogen-bond donors (Lipinski definition) is 0. The van der Waals surface area contributed by atoms with Crippen molar-refractivity contribution in [3.05, 3.63) is 23.3 Å². The van der Waals surface area contributed by atoms with Crippen molar-refractivity contribution in [1.82, 2.24) is 0 Å².